The first-order valence-corrected chi connectivity index (χ1v) is 13.8. The number of carbonyl (C=O) groups is 2. The van der Waals surface area contributed by atoms with Gasteiger partial charge in [0.2, 0.25) is 0 Å². The summed E-state index contributed by atoms with van der Waals surface area (Å²) in [5, 5.41) is 17.2. The quantitative estimate of drug-likeness (QED) is 0.239. The van der Waals surface area contributed by atoms with Gasteiger partial charge >= 0.3 is 0 Å². The monoisotopic (exact) mass is 537 g/mol. The van der Waals surface area contributed by atoms with E-state index in [1.54, 1.807) is 29.0 Å². The Balaban J connectivity index is 1.16. The Hall–Kier alpha value is -3.28. The van der Waals surface area contributed by atoms with Gasteiger partial charge in [-0.05, 0) is 63.5 Å². The van der Waals surface area contributed by atoms with Gasteiger partial charge in [0.25, 0.3) is 5.91 Å². The highest BCUT2D eigenvalue weighted by Crippen LogP contribution is 2.30. The molecule has 4 heterocycles. The number of rotatable bonds is 9. The maximum Gasteiger partial charge on any atom is 0.276 e. The number of anilines is 3. The molecule has 0 bridgehead atoms. The molecule has 1 aliphatic heterocycles. The average Bonchev–Trinajstić information content (AvgIpc) is 3.43. The Morgan fingerprint density at radius 2 is 1.76 bits per heavy atom. The molecule has 1 atom stereocenters. The maximum atomic E-state index is 13.1. The number of amides is 1. The van der Waals surface area contributed by atoms with Crippen LogP contribution in [-0.4, -0.2) is 67.5 Å². The standard InChI is InChI=1S/C26H32ClN9O2/c27-23-12-19(9-10-28-23)32-26(38)22-14-29-25-21(30-16-3-4-16)13-24(34-36(22)25)31-17-5-7-18(8-6-17)33-35-11-1-2-20(35)15-37/h9-10,12-18,20,30,33H,1-8,11H2,(H,31,34)(H,28,32,38)/t17?,18?,20-/m1/s1. The van der Waals surface area contributed by atoms with E-state index in [2.05, 4.69) is 36.4 Å². The highest BCUT2D eigenvalue weighted by atomic mass is 35.5. The van der Waals surface area contributed by atoms with Crippen LogP contribution in [0, 0.1) is 0 Å². The van der Waals surface area contributed by atoms with Crippen molar-refractivity contribution in [2.75, 3.05) is 22.5 Å². The van der Waals surface area contributed by atoms with Crippen molar-refractivity contribution in [1.29, 1.82) is 0 Å². The minimum atomic E-state index is -0.330. The van der Waals surface area contributed by atoms with E-state index in [9.17, 15) is 9.59 Å². The fourth-order valence-electron chi connectivity index (χ4n) is 5.33. The molecule has 200 valence electrons. The lowest BCUT2D eigenvalue weighted by atomic mass is 9.91. The number of imidazole rings is 1. The molecule has 4 N–H and O–H groups in total. The first kappa shape index (κ1) is 25.0. The van der Waals surface area contributed by atoms with Gasteiger partial charge in [-0.15, -0.1) is 5.10 Å². The number of nitrogens with one attached hydrogen (secondary N) is 4. The van der Waals surface area contributed by atoms with Crippen LogP contribution in [0.5, 0.6) is 0 Å². The molecule has 3 aliphatic rings. The zero-order chi connectivity index (χ0) is 26.1. The molecule has 6 rings (SSSR count). The summed E-state index contributed by atoms with van der Waals surface area (Å²) in [4.78, 5) is 32.9. The molecule has 2 saturated carbocycles. The van der Waals surface area contributed by atoms with Gasteiger partial charge in [-0.1, -0.05) is 11.6 Å². The predicted octanol–water partition coefficient (Wildman–Crippen LogP) is 3.50. The van der Waals surface area contributed by atoms with E-state index in [1.165, 1.54) is 0 Å². The van der Waals surface area contributed by atoms with Crippen LogP contribution in [0.25, 0.3) is 5.65 Å². The Labute approximate surface area is 225 Å². The number of nitrogens with zero attached hydrogens (tertiary/aromatic N) is 5. The summed E-state index contributed by atoms with van der Waals surface area (Å²) < 4.78 is 1.60. The Kier molecular flexibility index (Phi) is 7.14. The lowest BCUT2D eigenvalue weighted by Crippen LogP contribution is -2.49. The summed E-state index contributed by atoms with van der Waals surface area (Å²) >= 11 is 5.97. The van der Waals surface area contributed by atoms with Crippen LogP contribution in [0.4, 0.5) is 17.2 Å². The molecule has 3 aromatic rings. The first-order valence-electron chi connectivity index (χ1n) is 13.4. The molecule has 0 spiro atoms. The molecular formula is C26H32ClN9O2. The largest absolute Gasteiger partial charge is 0.379 e. The summed E-state index contributed by atoms with van der Waals surface area (Å²) in [5.41, 5.74) is 5.94. The van der Waals surface area contributed by atoms with E-state index >= 15 is 0 Å². The zero-order valence-corrected chi connectivity index (χ0v) is 21.8. The normalized spacial score (nSPS) is 23.9. The number of carbonyl (C=O) groups excluding carboxylic acids is 2. The molecule has 0 radical (unpaired) electrons. The second-order valence-corrected chi connectivity index (χ2v) is 10.8. The minimum Gasteiger partial charge on any atom is -0.379 e. The van der Waals surface area contributed by atoms with Crippen molar-refractivity contribution in [2.24, 2.45) is 0 Å². The van der Waals surface area contributed by atoms with E-state index in [0.29, 0.717) is 40.1 Å². The molecular weight excluding hydrogens is 506 g/mol. The third-order valence-corrected chi connectivity index (χ3v) is 7.71. The summed E-state index contributed by atoms with van der Waals surface area (Å²) in [6.07, 6.45) is 12.4. The van der Waals surface area contributed by atoms with Crippen molar-refractivity contribution < 1.29 is 9.59 Å². The lowest BCUT2D eigenvalue weighted by Gasteiger charge is -2.34. The van der Waals surface area contributed by atoms with Crippen LogP contribution in [0.3, 0.4) is 0 Å². The zero-order valence-electron chi connectivity index (χ0n) is 21.1. The lowest BCUT2D eigenvalue weighted by molar-refractivity contribution is -0.112. The van der Waals surface area contributed by atoms with E-state index in [-0.39, 0.29) is 18.0 Å². The van der Waals surface area contributed by atoms with Crippen LogP contribution in [0.15, 0.2) is 30.6 Å². The molecule has 2 aliphatic carbocycles. The fourth-order valence-corrected chi connectivity index (χ4v) is 5.50. The minimum absolute atomic E-state index is 0.00344. The second kappa shape index (κ2) is 10.8. The number of fused-ring (bicyclic) bond motifs is 1. The molecule has 1 amide bonds. The van der Waals surface area contributed by atoms with Gasteiger partial charge in [0.1, 0.15) is 17.3 Å². The Bertz CT molecular complexity index is 1320. The van der Waals surface area contributed by atoms with Crippen LogP contribution >= 0.6 is 11.6 Å². The fraction of sp³-hybridized carbons (Fsp3) is 0.500. The van der Waals surface area contributed by atoms with Crippen molar-refractivity contribution in [3.8, 4) is 0 Å². The number of aldehydes is 1. The predicted molar refractivity (Wildman–Crippen MR) is 145 cm³/mol. The van der Waals surface area contributed by atoms with Crippen LogP contribution in [-0.2, 0) is 4.79 Å². The summed E-state index contributed by atoms with van der Waals surface area (Å²) in [7, 11) is 0. The van der Waals surface area contributed by atoms with Gasteiger partial charge in [0.05, 0.1) is 17.9 Å². The highest BCUT2D eigenvalue weighted by Gasteiger charge is 2.29. The van der Waals surface area contributed by atoms with E-state index in [4.69, 9.17) is 16.7 Å². The molecule has 12 heteroatoms. The molecule has 0 unspecified atom stereocenters. The third kappa shape index (κ3) is 5.59. The first-order chi connectivity index (χ1) is 18.6. The average molecular weight is 538 g/mol. The van der Waals surface area contributed by atoms with Crippen molar-refractivity contribution in [3.63, 3.8) is 0 Å². The highest BCUT2D eigenvalue weighted by molar-refractivity contribution is 6.29. The number of hydrogen-bond acceptors (Lipinski definition) is 9. The van der Waals surface area contributed by atoms with Crippen LogP contribution in [0.1, 0.15) is 61.9 Å². The summed E-state index contributed by atoms with van der Waals surface area (Å²) in [6.45, 7) is 0.928. The van der Waals surface area contributed by atoms with Gasteiger partial charge in [-0.25, -0.2) is 19.5 Å². The maximum absolute atomic E-state index is 13.1. The van der Waals surface area contributed by atoms with Crippen molar-refractivity contribution in [1.82, 2.24) is 30.0 Å². The van der Waals surface area contributed by atoms with Crippen LogP contribution < -0.4 is 21.4 Å². The van der Waals surface area contributed by atoms with Gasteiger partial charge in [-0.3, -0.25) is 10.2 Å². The number of halogens is 1. The molecule has 11 nitrogen and oxygen atoms in total. The molecule has 38 heavy (non-hydrogen) atoms. The number of pyridine rings is 1. The van der Waals surface area contributed by atoms with Crippen LogP contribution in [0.2, 0.25) is 5.15 Å². The molecule has 0 aromatic carbocycles. The number of aromatic nitrogens is 4. The van der Waals surface area contributed by atoms with E-state index in [0.717, 1.165) is 69.9 Å². The third-order valence-electron chi connectivity index (χ3n) is 7.51. The smallest absolute Gasteiger partial charge is 0.276 e. The Morgan fingerprint density at radius 1 is 1.00 bits per heavy atom. The molecule has 3 fully saturated rings. The van der Waals surface area contributed by atoms with Gasteiger partial charge in [-0.2, -0.15) is 0 Å². The topological polar surface area (TPSA) is 129 Å². The van der Waals surface area contributed by atoms with Crippen molar-refractivity contribution in [3.05, 3.63) is 41.4 Å². The number of hydrazine groups is 1. The second-order valence-electron chi connectivity index (χ2n) is 10.4. The van der Waals surface area contributed by atoms with E-state index in [1.807, 2.05) is 6.07 Å². The van der Waals surface area contributed by atoms with Crippen molar-refractivity contribution in [2.45, 2.75) is 75.5 Å². The van der Waals surface area contributed by atoms with Gasteiger partial charge in [0.15, 0.2) is 11.3 Å². The van der Waals surface area contributed by atoms with Gasteiger partial charge < -0.3 is 20.7 Å². The Morgan fingerprint density at radius 3 is 2.53 bits per heavy atom. The SMILES string of the molecule is O=C[C@H]1CCCN1NC1CCC(Nc2cc(NC3CC3)c3ncc(C(=O)Nc4ccnc(Cl)c4)n3n2)CC1. The summed E-state index contributed by atoms with van der Waals surface area (Å²) in [6, 6.07) is 6.33. The molecule has 3 aromatic heterocycles. The van der Waals surface area contributed by atoms with Crippen molar-refractivity contribution >= 4 is 46.6 Å². The van der Waals surface area contributed by atoms with E-state index < -0.39 is 0 Å². The summed E-state index contributed by atoms with van der Waals surface area (Å²) in [5.74, 6) is 0.375. The number of hydrogen-bond donors (Lipinski definition) is 4. The molecule has 1 saturated heterocycles. The van der Waals surface area contributed by atoms with Gasteiger partial charge in [0, 0.05) is 42.6 Å².